The molecule has 112 valence electrons. The van der Waals surface area contributed by atoms with Gasteiger partial charge >= 0.3 is 0 Å². The summed E-state index contributed by atoms with van der Waals surface area (Å²) < 4.78 is 0. The maximum atomic E-state index is 4.46. The molecule has 1 atom stereocenters. The summed E-state index contributed by atoms with van der Waals surface area (Å²) in [5, 5.41) is 5.68. The molecule has 2 heterocycles. The Labute approximate surface area is 127 Å². The van der Waals surface area contributed by atoms with Gasteiger partial charge in [-0.25, -0.2) is 0 Å². The van der Waals surface area contributed by atoms with Crippen LogP contribution in [0.1, 0.15) is 45.4 Å². The predicted molar refractivity (Wildman–Crippen MR) is 88.7 cm³/mol. The molecule has 20 heavy (non-hydrogen) atoms. The van der Waals surface area contributed by atoms with Gasteiger partial charge in [0.1, 0.15) is 0 Å². The van der Waals surface area contributed by atoms with Crippen LogP contribution < -0.4 is 5.32 Å². The van der Waals surface area contributed by atoms with Crippen LogP contribution in [0, 0.1) is 5.41 Å². The first-order chi connectivity index (χ1) is 9.29. The zero-order valence-corrected chi connectivity index (χ0v) is 14.3. The molecule has 4 heteroatoms. The molecule has 1 fully saturated rings. The van der Waals surface area contributed by atoms with E-state index < -0.39 is 0 Å². The molecule has 1 unspecified atom stereocenters. The third-order valence-corrected chi connectivity index (χ3v) is 6.05. The summed E-state index contributed by atoms with van der Waals surface area (Å²) in [7, 11) is 1.87. The van der Waals surface area contributed by atoms with Gasteiger partial charge in [0.15, 0.2) is 5.96 Å². The number of hydrogen-bond acceptors (Lipinski definition) is 2. The Hall–Kier alpha value is -1.03. The number of aliphatic imine (C=N–C) groups is 1. The molecule has 1 aliphatic heterocycles. The van der Waals surface area contributed by atoms with Crippen LogP contribution in [0.5, 0.6) is 0 Å². The third kappa shape index (κ3) is 2.58. The van der Waals surface area contributed by atoms with E-state index in [2.05, 4.69) is 67.3 Å². The molecule has 0 amide bonds. The van der Waals surface area contributed by atoms with Crippen molar-refractivity contribution in [3.05, 3.63) is 22.4 Å². The minimum Gasteiger partial charge on any atom is -0.356 e. The van der Waals surface area contributed by atoms with Gasteiger partial charge in [-0.3, -0.25) is 4.99 Å². The van der Waals surface area contributed by atoms with Gasteiger partial charge in [-0.1, -0.05) is 26.8 Å². The SMILES string of the molecule is CN=C(NCC(C)c1cccs1)N1CC(C)(C)C1(C)C. The van der Waals surface area contributed by atoms with E-state index in [-0.39, 0.29) is 5.54 Å². The van der Waals surface area contributed by atoms with Crippen molar-refractivity contribution in [3.63, 3.8) is 0 Å². The summed E-state index contributed by atoms with van der Waals surface area (Å²) in [5.41, 5.74) is 0.491. The van der Waals surface area contributed by atoms with Crippen LogP contribution in [0.4, 0.5) is 0 Å². The fraction of sp³-hybridized carbons (Fsp3) is 0.688. The highest BCUT2D eigenvalue weighted by Gasteiger charge is 2.53. The first-order valence-corrected chi connectivity index (χ1v) is 8.19. The highest BCUT2D eigenvalue weighted by molar-refractivity contribution is 7.10. The van der Waals surface area contributed by atoms with Crippen molar-refractivity contribution < 1.29 is 0 Å². The number of nitrogens with one attached hydrogen (secondary N) is 1. The second-order valence-electron chi connectivity index (χ2n) is 6.87. The summed E-state index contributed by atoms with van der Waals surface area (Å²) in [6, 6.07) is 4.32. The topological polar surface area (TPSA) is 27.6 Å². The Kier molecular flexibility index (Phi) is 4.14. The van der Waals surface area contributed by atoms with Gasteiger partial charge in [0, 0.05) is 41.9 Å². The lowest BCUT2D eigenvalue weighted by atomic mass is 9.65. The largest absolute Gasteiger partial charge is 0.356 e. The average Bonchev–Trinajstić information content (AvgIpc) is 2.91. The Balaban J connectivity index is 1.95. The van der Waals surface area contributed by atoms with E-state index in [4.69, 9.17) is 0 Å². The molecule has 2 rings (SSSR count). The van der Waals surface area contributed by atoms with Crippen molar-refractivity contribution in [2.45, 2.75) is 46.1 Å². The van der Waals surface area contributed by atoms with E-state index >= 15 is 0 Å². The average molecular weight is 293 g/mol. The lowest BCUT2D eigenvalue weighted by molar-refractivity contribution is -0.0667. The maximum Gasteiger partial charge on any atom is 0.194 e. The summed E-state index contributed by atoms with van der Waals surface area (Å²) >= 11 is 1.82. The van der Waals surface area contributed by atoms with E-state index in [0.717, 1.165) is 19.0 Å². The molecule has 0 saturated carbocycles. The second kappa shape index (κ2) is 5.40. The minimum absolute atomic E-state index is 0.154. The van der Waals surface area contributed by atoms with Crippen molar-refractivity contribution in [3.8, 4) is 0 Å². The van der Waals surface area contributed by atoms with Gasteiger partial charge in [-0.05, 0) is 25.3 Å². The zero-order chi connectivity index (χ0) is 15.0. The molecule has 0 bridgehead atoms. The van der Waals surface area contributed by atoms with Crippen LogP contribution >= 0.6 is 11.3 Å². The van der Waals surface area contributed by atoms with Crippen molar-refractivity contribution in [1.82, 2.24) is 10.2 Å². The number of likely N-dealkylation sites (tertiary alicyclic amines) is 1. The van der Waals surface area contributed by atoms with Gasteiger partial charge in [0.05, 0.1) is 0 Å². The molecule has 0 aromatic carbocycles. The maximum absolute atomic E-state index is 4.46. The Morgan fingerprint density at radius 2 is 2.15 bits per heavy atom. The van der Waals surface area contributed by atoms with Gasteiger partial charge in [0.25, 0.3) is 0 Å². The fourth-order valence-corrected chi connectivity index (χ4v) is 3.40. The smallest absolute Gasteiger partial charge is 0.194 e. The van der Waals surface area contributed by atoms with E-state index in [1.807, 2.05) is 18.4 Å². The predicted octanol–water partition coefficient (Wildman–Crippen LogP) is 3.55. The van der Waals surface area contributed by atoms with Gasteiger partial charge in [-0.15, -0.1) is 11.3 Å². The quantitative estimate of drug-likeness (QED) is 0.682. The van der Waals surface area contributed by atoms with E-state index in [1.165, 1.54) is 4.88 Å². The molecular weight excluding hydrogens is 266 g/mol. The summed E-state index contributed by atoms with van der Waals surface area (Å²) in [6.45, 7) is 13.5. The third-order valence-electron chi connectivity index (χ3n) is 4.95. The molecule has 0 aliphatic carbocycles. The van der Waals surface area contributed by atoms with E-state index in [9.17, 15) is 0 Å². The van der Waals surface area contributed by atoms with Gasteiger partial charge in [0.2, 0.25) is 0 Å². The molecule has 1 aromatic rings. The lowest BCUT2D eigenvalue weighted by Crippen LogP contribution is -2.72. The number of hydrogen-bond donors (Lipinski definition) is 1. The second-order valence-corrected chi connectivity index (χ2v) is 7.85. The number of rotatable bonds is 3. The van der Waals surface area contributed by atoms with Crippen LogP contribution in [0.3, 0.4) is 0 Å². The Morgan fingerprint density at radius 1 is 1.45 bits per heavy atom. The molecule has 0 radical (unpaired) electrons. The summed E-state index contributed by atoms with van der Waals surface area (Å²) in [5.74, 6) is 1.54. The highest BCUT2D eigenvalue weighted by Crippen LogP contribution is 2.46. The van der Waals surface area contributed by atoms with Crippen LogP contribution in [0.15, 0.2) is 22.5 Å². The van der Waals surface area contributed by atoms with Crippen molar-refractivity contribution >= 4 is 17.3 Å². The molecular formula is C16H27N3S. The zero-order valence-electron chi connectivity index (χ0n) is 13.5. The van der Waals surface area contributed by atoms with E-state index in [1.54, 1.807) is 0 Å². The summed E-state index contributed by atoms with van der Waals surface area (Å²) in [4.78, 5) is 8.27. The molecule has 1 aromatic heterocycles. The molecule has 0 spiro atoms. The van der Waals surface area contributed by atoms with Crippen LogP contribution in [-0.2, 0) is 0 Å². The van der Waals surface area contributed by atoms with Gasteiger partial charge in [-0.2, -0.15) is 0 Å². The van der Waals surface area contributed by atoms with Crippen LogP contribution in [0.25, 0.3) is 0 Å². The Bertz CT molecular complexity index is 474. The van der Waals surface area contributed by atoms with Crippen molar-refractivity contribution in [2.24, 2.45) is 10.4 Å². The van der Waals surface area contributed by atoms with Crippen molar-refractivity contribution in [2.75, 3.05) is 20.1 Å². The fourth-order valence-electron chi connectivity index (χ4n) is 2.61. The number of guanidine groups is 1. The number of thiophene rings is 1. The first kappa shape index (κ1) is 15.4. The first-order valence-electron chi connectivity index (χ1n) is 7.31. The lowest BCUT2D eigenvalue weighted by Gasteiger charge is -2.62. The van der Waals surface area contributed by atoms with Gasteiger partial charge < -0.3 is 10.2 Å². The molecule has 3 nitrogen and oxygen atoms in total. The van der Waals surface area contributed by atoms with Crippen LogP contribution in [-0.4, -0.2) is 36.5 Å². The highest BCUT2D eigenvalue weighted by atomic mass is 32.1. The molecule has 1 aliphatic rings. The van der Waals surface area contributed by atoms with E-state index in [0.29, 0.717) is 11.3 Å². The van der Waals surface area contributed by atoms with Crippen LogP contribution in [0.2, 0.25) is 0 Å². The number of nitrogens with zero attached hydrogens (tertiary/aromatic N) is 2. The molecule has 1 saturated heterocycles. The van der Waals surface area contributed by atoms with Crippen molar-refractivity contribution in [1.29, 1.82) is 0 Å². The Morgan fingerprint density at radius 3 is 2.60 bits per heavy atom. The standard InChI is InChI=1S/C16H27N3S/c1-12(13-8-7-9-20-13)10-18-14(17-6)19-11-15(2,3)16(19,4)5/h7-9,12H,10-11H2,1-6H3,(H,17,18). The minimum atomic E-state index is 0.154. The normalized spacial score (nSPS) is 22.3. The monoisotopic (exact) mass is 293 g/mol. The molecule has 1 N–H and O–H groups in total. The summed E-state index contributed by atoms with van der Waals surface area (Å²) in [6.07, 6.45) is 0.